The van der Waals surface area contributed by atoms with E-state index in [0.717, 1.165) is 17.7 Å². The zero-order valence-electron chi connectivity index (χ0n) is 12.1. The Morgan fingerprint density at radius 2 is 1.83 bits per heavy atom. The number of hydrogen-bond acceptors (Lipinski definition) is 3. The van der Waals surface area contributed by atoms with Crippen molar-refractivity contribution in [3.63, 3.8) is 0 Å². The van der Waals surface area contributed by atoms with Crippen LogP contribution in [0.15, 0.2) is 42.5 Å². The van der Waals surface area contributed by atoms with Crippen molar-refractivity contribution in [2.45, 2.75) is 19.7 Å². The van der Waals surface area contributed by atoms with Crippen LogP contribution in [0, 0.1) is 6.92 Å². The van der Waals surface area contributed by atoms with Gasteiger partial charge in [0.25, 0.3) is 0 Å². The molecule has 0 spiro atoms. The first-order valence-corrected chi connectivity index (χ1v) is 6.67. The summed E-state index contributed by atoms with van der Waals surface area (Å²) in [6.45, 7) is 1.81. The Morgan fingerprint density at radius 1 is 1.17 bits per heavy atom. The number of ether oxygens (including phenoxy) is 1. The number of phenols is 1. The van der Waals surface area contributed by atoms with Gasteiger partial charge < -0.3 is 15.2 Å². The first kappa shape index (κ1) is 16.7. The van der Waals surface area contributed by atoms with E-state index in [1.165, 1.54) is 18.2 Å². The molecule has 0 fully saturated rings. The molecule has 0 aliphatic carbocycles. The third kappa shape index (κ3) is 5.21. The minimum absolute atomic E-state index is 0.0420. The van der Waals surface area contributed by atoms with Gasteiger partial charge in [-0.15, -0.1) is 13.2 Å². The van der Waals surface area contributed by atoms with Gasteiger partial charge >= 0.3 is 6.36 Å². The average molecular weight is 325 g/mol. The SMILES string of the molecule is Cc1ccc(O)c(NC(=O)Cc2ccc(OC(F)(F)F)cc2)c1. The normalized spacial score (nSPS) is 11.1. The molecular formula is C16H14F3NO3. The first-order chi connectivity index (χ1) is 10.7. The van der Waals surface area contributed by atoms with E-state index in [-0.39, 0.29) is 23.6 Å². The summed E-state index contributed by atoms with van der Waals surface area (Å²) in [4.78, 5) is 11.9. The lowest BCUT2D eigenvalue weighted by molar-refractivity contribution is -0.274. The van der Waals surface area contributed by atoms with Crippen LogP contribution in [-0.2, 0) is 11.2 Å². The van der Waals surface area contributed by atoms with Crippen molar-refractivity contribution in [2.75, 3.05) is 5.32 Å². The van der Waals surface area contributed by atoms with Gasteiger partial charge in [0.05, 0.1) is 12.1 Å². The number of alkyl halides is 3. The van der Waals surface area contributed by atoms with Gasteiger partial charge in [0.2, 0.25) is 5.91 Å². The van der Waals surface area contributed by atoms with Gasteiger partial charge in [-0.1, -0.05) is 18.2 Å². The maximum atomic E-state index is 12.1. The molecule has 23 heavy (non-hydrogen) atoms. The molecule has 0 bridgehead atoms. The molecule has 4 nitrogen and oxygen atoms in total. The topological polar surface area (TPSA) is 58.6 Å². The van der Waals surface area contributed by atoms with Gasteiger partial charge in [-0.2, -0.15) is 0 Å². The Morgan fingerprint density at radius 3 is 2.43 bits per heavy atom. The molecule has 2 aromatic carbocycles. The molecule has 0 unspecified atom stereocenters. The Hall–Kier alpha value is -2.70. The quantitative estimate of drug-likeness (QED) is 0.841. The number of rotatable bonds is 4. The summed E-state index contributed by atoms with van der Waals surface area (Å²) in [5, 5.41) is 12.2. The summed E-state index contributed by atoms with van der Waals surface area (Å²) in [6.07, 6.45) is -4.79. The van der Waals surface area contributed by atoms with E-state index in [2.05, 4.69) is 10.1 Å². The maximum absolute atomic E-state index is 12.1. The Bertz CT molecular complexity index is 697. The van der Waals surface area contributed by atoms with Crippen LogP contribution < -0.4 is 10.1 Å². The number of benzene rings is 2. The van der Waals surface area contributed by atoms with Crippen LogP contribution in [0.3, 0.4) is 0 Å². The Labute approximate surface area is 130 Å². The molecule has 2 N–H and O–H groups in total. The fraction of sp³-hybridized carbons (Fsp3) is 0.188. The molecule has 0 aliphatic rings. The van der Waals surface area contributed by atoms with Crippen molar-refractivity contribution < 1.29 is 27.8 Å². The lowest BCUT2D eigenvalue weighted by Gasteiger charge is -2.10. The monoisotopic (exact) mass is 325 g/mol. The number of hydrogen-bond donors (Lipinski definition) is 2. The standard InChI is InChI=1S/C16H14F3NO3/c1-10-2-7-14(21)13(8-10)20-15(22)9-11-3-5-12(6-4-11)23-16(17,18)19/h2-8,21H,9H2,1H3,(H,20,22). The third-order valence-electron chi connectivity index (χ3n) is 2.95. The fourth-order valence-electron chi connectivity index (χ4n) is 1.94. The van der Waals surface area contributed by atoms with Gasteiger partial charge in [0.1, 0.15) is 11.5 Å². The molecule has 122 valence electrons. The highest BCUT2D eigenvalue weighted by Crippen LogP contribution is 2.25. The third-order valence-corrected chi connectivity index (χ3v) is 2.95. The predicted octanol–water partition coefficient (Wildman–Crippen LogP) is 3.78. The van der Waals surface area contributed by atoms with Crippen molar-refractivity contribution in [2.24, 2.45) is 0 Å². The van der Waals surface area contributed by atoms with Crippen molar-refractivity contribution in [1.82, 2.24) is 0 Å². The number of amides is 1. The molecule has 0 aliphatic heterocycles. The van der Waals surface area contributed by atoms with Gasteiger partial charge in [0.15, 0.2) is 0 Å². The Balaban J connectivity index is 1.99. The smallest absolute Gasteiger partial charge is 0.506 e. The number of carbonyl (C=O) groups excluding carboxylic acids is 1. The van der Waals surface area contributed by atoms with E-state index in [1.54, 1.807) is 12.1 Å². The van der Waals surface area contributed by atoms with Crippen LogP contribution in [0.2, 0.25) is 0 Å². The van der Waals surface area contributed by atoms with Gasteiger partial charge in [0, 0.05) is 0 Å². The zero-order chi connectivity index (χ0) is 17.0. The molecule has 2 rings (SSSR count). The van der Waals surface area contributed by atoms with Crippen molar-refractivity contribution in [3.8, 4) is 11.5 Å². The minimum Gasteiger partial charge on any atom is -0.506 e. The number of anilines is 1. The second-order valence-electron chi connectivity index (χ2n) is 4.94. The van der Waals surface area contributed by atoms with Crippen LogP contribution in [0.1, 0.15) is 11.1 Å². The van der Waals surface area contributed by atoms with Crippen molar-refractivity contribution >= 4 is 11.6 Å². The van der Waals surface area contributed by atoms with Crippen LogP contribution in [0.25, 0.3) is 0 Å². The predicted molar refractivity (Wildman–Crippen MR) is 78.3 cm³/mol. The molecule has 0 saturated heterocycles. The second kappa shape index (κ2) is 6.60. The highest BCUT2D eigenvalue weighted by Gasteiger charge is 2.30. The summed E-state index contributed by atoms with van der Waals surface area (Å²) < 4.78 is 39.9. The van der Waals surface area contributed by atoms with Crippen LogP contribution >= 0.6 is 0 Å². The van der Waals surface area contributed by atoms with Crippen molar-refractivity contribution in [1.29, 1.82) is 0 Å². The molecule has 1 amide bonds. The average Bonchev–Trinajstić information content (AvgIpc) is 2.43. The lowest BCUT2D eigenvalue weighted by atomic mass is 10.1. The van der Waals surface area contributed by atoms with E-state index >= 15 is 0 Å². The maximum Gasteiger partial charge on any atom is 0.573 e. The van der Waals surface area contributed by atoms with E-state index in [4.69, 9.17) is 0 Å². The zero-order valence-corrected chi connectivity index (χ0v) is 12.1. The lowest BCUT2D eigenvalue weighted by Crippen LogP contribution is -2.17. The largest absolute Gasteiger partial charge is 0.573 e. The number of aryl methyl sites for hydroxylation is 1. The van der Waals surface area contributed by atoms with Gasteiger partial charge in [-0.3, -0.25) is 4.79 Å². The number of halogens is 3. The highest BCUT2D eigenvalue weighted by atomic mass is 19.4. The van der Waals surface area contributed by atoms with Crippen LogP contribution in [-0.4, -0.2) is 17.4 Å². The number of carbonyl (C=O) groups is 1. The number of aromatic hydroxyl groups is 1. The van der Waals surface area contributed by atoms with E-state index in [1.807, 2.05) is 6.92 Å². The van der Waals surface area contributed by atoms with E-state index in [9.17, 15) is 23.1 Å². The van der Waals surface area contributed by atoms with Crippen LogP contribution in [0.5, 0.6) is 11.5 Å². The summed E-state index contributed by atoms with van der Waals surface area (Å²) >= 11 is 0. The molecular weight excluding hydrogens is 311 g/mol. The van der Waals surface area contributed by atoms with Gasteiger partial charge in [-0.25, -0.2) is 0 Å². The molecule has 0 heterocycles. The van der Waals surface area contributed by atoms with E-state index < -0.39 is 12.3 Å². The summed E-state index contributed by atoms with van der Waals surface area (Å²) in [5.74, 6) is -0.800. The molecule has 0 aromatic heterocycles. The summed E-state index contributed by atoms with van der Waals surface area (Å²) in [6, 6.07) is 9.81. The van der Waals surface area contributed by atoms with Crippen molar-refractivity contribution in [3.05, 3.63) is 53.6 Å². The second-order valence-corrected chi connectivity index (χ2v) is 4.94. The summed E-state index contributed by atoms with van der Waals surface area (Å²) in [7, 11) is 0. The van der Waals surface area contributed by atoms with Gasteiger partial charge in [-0.05, 0) is 42.3 Å². The Kier molecular flexibility index (Phi) is 4.78. The highest BCUT2D eigenvalue weighted by molar-refractivity contribution is 5.93. The number of phenolic OH excluding ortho intramolecular Hbond substituents is 1. The molecule has 0 saturated carbocycles. The summed E-state index contributed by atoms with van der Waals surface area (Å²) in [5.41, 5.74) is 1.67. The minimum atomic E-state index is -4.75. The molecule has 0 atom stereocenters. The molecule has 2 aromatic rings. The molecule has 7 heteroatoms. The number of nitrogens with one attached hydrogen (secondary N) is 1. The van der Waals surface area contributed by atoms with E-state index in [0.29, 0.717) is 5.56 Å². The van der Waals surface area contributed by atoms with Crippen LogP contribution in [0.4, 0.5) is 18.9 Å². The fourth-order valence-corrected chi connectivity index (χ4v) is 1.94. The molecule has 0 radical (unpaired) electrons. The first-order valence-electron chi connectivity index (χ1n) is 6.67.